The maximum Gasteiger partial charge on any atom is 0.480 e. The van der Waals surface area contributed by atoms with Crippen LogP contribution in [0.2, 0.25) is 24.2 Å². The second-order valence-corrected chi connectivity index (χ2v) is 13.9. The fourth-order valence-corrected chi connectivity index (χ4v) is 12.2. The lowest BCUT2D eigenvalue weighted by atomic mass is 10.9. The summed E-state index contributed by atoms with van der Waals surface area (Å²) in [7, 11) is -1.70. The molecule has 1 atom stereocenters. The molecule has 4 nitrogen and oxygen atoms in total. The van der Waals surface area contributed by atoms with Gasteiger partial charge in [-0.3, -0.25) is 0 Å². The Balaban J connectivity index is 4.81. The predicted molar refractivity (Wildman–Crippen MR) is 78.2 cm³/mol. The summed E-state index contributed by atoms with van der Waals surface area (Å²) in [4.78, 5) is 0. The molecular weight excluding hydrogens is 268 g/mol. The van der Waals surface area contributed by atoms with E-state index in [1.165, 1.54) is 0 Å². The van der Waals surface area contributed by atoms with Crippen molar-refractivity contribution in [2.75, 3.05) is 14.2 Å². The summed E-state index contributed by atoms with van der Waals surface area (Å²) < 4.78 is 23.1. The number of hydrogen-bond donors (Lipinski definition) is 0. The Kier molecular flexibility index (Phi) is 8.82. The van der Waals surface area contributed by atoms with E-state index in [0.29, 0.717) is 0 Å². The molecule has 17 heavy (non-hydrogen) atoms. The Bertz CT molecular complexity index is 188. The van der Waals surface area contributed by atoms with Gasteiger partial charge in [0.05, 0.1) is 0 Å². The minimum atomic E-state index is -2.46. The molecule has 0 aromatic rings. The van der Waals surface area contributed by atoms with Crippen molar-refractivity contribution in [2.24, 2.45) is 0 Å². The van der Waals surface area contributed by atoms with Gasteiger partial charge in [0, 0.05) is 20.3 Å². The van der Waals surface area contributed by atoms with E-state index in [-0.39, 0.29) is 0 Å². The van der Waals surface area contributed by atoms with Crippen LogP contribution in [0.5, 0.6) is 0 Å². The van der Waals surface area contributed by atoms with E-state index in [4.69, 9.17) is 17.1 Å². The third kappa shape index (κ3) is 4.93. The van der Waals surface area contributed by atoms with Crippen LogP contribution in [0.3, 0.4) is 0 Å². The van der Waals surface area contributed by atoms with Crippen LogP contribution in [-0.4, -0.2) is 41.3 Å². The van der Waals surface area contributed by atoms with E-state index in [2.05, 4.69) is 27.7 Å². The molecule has 0 saturated heterocycles. The molecule has 0 saturated carbocycles. The highest BCUT2D eigenvalue weighted by Crippen LogP contribution is 2.28. The Morgan fingerprint density at radius 1 is 0.882 bits per heavy atom. The predicted octanol–water partition coefficient (Wildman–Crippen LogP) is 2.28. The minimum absolute atomic E-state index is 0.828. The average molecular weight is 297 g/mol. The highest BCUT2D eigenvalue weighted by molar-refractivity contribution is 6.83. The van der Waals surface area contributed by atoms with Gasteiger partial charge in [0.25, 0.3) is 10.0 Å². The van der Waals surface area contributed by atoms with Gasteiger partial charge in [0.1, 0.15) is 0 Å². The Morgan fingerprint density at radius 3 is 1.71 bits per heavy atom. The molecule has 0 fully saturated rings. The second-order valence-electron chi connectivity index (χ2n) is 4.14. The third-order valence-corrected chi connectivity index (χ3v) is 14.2. The van der Waals surface area contributed by atoms with E-state index in [1.54, 1.807) is 14.2 Å². The van der Waals surface area contributed by atoms with Gasteiger partial charge in [-0.15, -0.1) is 0 Å². The van der Waals surface area contributed by atoms with E-state index >= 15 is 0 Å². The highest BCUT2D eigenvalue weighted by atomic mass is 28.5. The maximum atomic E-state index is 6.46. The summed E-state index contributed by atoms with van der Waals surface area (Å²) in [6, 6.07) is 4.19. The van der Waals surface area contributed by atoms with Crippen molar-refractivity contribution in [2.45, 2.75) is 51.9 Å². The lowest BCUT2D eigenvalue weighted by molar-refractivity contribution is 0.187. The zero-order chi connectivity index (χ0) is 13.4. The summed E-state index contributed by atoms with van der Waals surface area (Å²) in [6.45, 7) is 8.74. The van der Waals surface area contributed by atoms with Crippen molar-refractivity contribution in [3.8, 4) is 0 Å². The van der Waals surface area contributed by atoms with Crippen LogP contribution in [0.25, 0.3) is 0 Å². The lowest BCUT2D eigenvalue weighted by Gasteiger charge is -2.38. The number of rotatable bonds is 10. The van der Waals surface area contributed by atoms with E-state index in [9.17, 15) is 0 Å². The van der Waals surface area contributed by atoms with Gasteiger partial charge in [0.15, 0.2) is 8.32 Å². The Labute approximate surface area is 111 Å². The first kappa shape index (κ1) is 17.5. The molecule has 0 bridgehead atoms. The van der Waals surface area contributed by atoms with E-state index < -0.39 is 27.1 Å². The Morgan fingerprint density at radius 2 is 1.41 bits per heavy atom. The molecule has 0 amide bonds. The van der Waals surface area contributed by atoms with Gasteiger partial charge in [0.2, 0.25) is 0 Å². The first-order valence-corrected chi connectivity index (χ1v) is 12.1. The van der Waals surface area contributed by atoms with Crippen molar-refractivity contribution in [1.82, 2.24) is 0 Å². The van der Waals surface area contributed by atoms with Gasteiger partial charge >= 0.3 is 8.80 Å². The summed E-state index contributed by atoms with van der Waals surface area (Å²) in [5.74, 6) is 0. The van der Waals surface area contributed by atoms with Crippen LogP contribution in [0.15, 0.2) is 0 Å². The molecular formula is C10H28O4Si3. The van der Waals surface area contributed by atoms with Gasteiger partial charge < -0.3 is 17.1 Å². The molecule has 0 rings (SSSR count). The monoisotopic (exact) mass is 296 g/mol. The third-order valence-electron chi connectivity index (χ3n) is 3.45. The molecule has 0 aromatic carbocycles. The first-order valence-electron chi connectivity index (χ1n) is 6.45. The highest BCUT2D eigenvalue weighted by Gasteiger charge is 2.45. The van der Waals surface area contributed by atoms with E-state index in [1.807, 2.05) is 0 Å². The largest absolute Gasteiger partial charge is 0.480 e. The quantitative estimate of drug-likeness (QED) is 0.580. The average Bonchev–Trinajstić information content (AvgIpc) is 2.41. The van der Waals surface area contributed by atoms with Gasteiger partial charge in [-0.25, -0.2) is 0 Å². The Hall–Kier alpha value is 0.491. The zero-order valence-electron chi connectivity index (χ0n) is 12.2. The molecule has 104 valence electrons. The van der Waals surface area contributed by atoms with Crippen LogP contribution >= 0.6 is 0 Å². The SMILES string of the molecule is CC[Si](CC)(CC)O[Si](CC)(OC)O[SiH2]OC. The maximum absolute atomic E-state index is 6.46. The van der Waals surface area contributed by atoms with Crippen LogP contribution < -0.4 is 0 Å². The topological polar surface area (TPSA) is 36.9 Å². The molecule has 0 aliphatic rings. The fraction of sp³-hybridized carbons (Fsp3) is 1.00. The molecule has 0 heterocycles. The molecule has 0 radical (unpaired) electrons. The second kappa shape index (κ2) is 8.57. The van der Waals surface area contributed by atoms with Crippen LogP contribution in [0.4, 0.5) is 0 Å². The molecule has 0 aliphatic carbocycles. The van der Waals surface area contributed by atoms with Crippen molar-refractivity contribution in [1.29, 1.82) is 0 Å². The molecule has 1 unspecified atom stereocenters. The molecule has 0 aromatic heterocycles. The van der Waals surface area contributed by atoms with Crippen molar-refractivity contribution in [3.63, 3.8) is 0 Å². The summed E-state index contributed by atoms with van der Waals surface area (Å²) in [5, 5.41) is 0. The van der Waals surface area contributed by atoms with Gasteiger partial charge in [-0.05, 0) is 18.1 Å². The summed E-state index contributed by atoms with van der Waals surface area (Å²) in [6.07, 6.45) is 0. The van der Waals surface area contributed by atoms with Gasteiger partial charge in [-0.1, -0.05) is 27.7 Å². The fourth-order valence-electron chi connectivity index (χ4n) is 1.89. The standard InChI is InChI=1S/C10H28O4Si3/c1-7-16(8-2,9-3)14-17(10-4,12-6)13-15-11-5/h7-10,15H2,1-6H3. The number of hydrogen-bond acceptors (Lipinski definition) is 4. The van der Waals surface area contributed by atoms with Crippen LogP contribution in [-0.2, 0) is 17.1 Å². The first-order chi connectivity index (χ1) is 8.07. The molecule has 7 heteroatoms. The minimum Gasteiger partial charge on any atom is -0.416 e. The molecule has 0 N–H and O–H groups in total. The lowest BCUT2D eigenvalue weighted by Crippen LogP contribution is -2.54. The normalized spacial score (nSPS) is 16.6. The van der Waals surface area contributed by atoms with Crippen molar-refractivity contribution in [3.05, 3.63) is 0 Å². The molecule has 0 aliphatic heterocycles. The molecule has 0 spiro atoms. The summed E-state index contributed by atoms with van der Waals surface area (Å²) >= 11 is 0. The van der Waals surface area contributed by atoms with Crippen molar-refractivity contribution < 1.29 is 17.1 Å². The van der Waals surface area contributed by atoms with Gasteiger partial charge in [-0.2, -0.15) is 0 Å². The van der Waals surface area contributed by atoms with Crippen molar-refractivity contribution >= 4 is 27.1 Å². The summed E-state index contributed by atoms with van der Waals surface area (Å²) in [5.41, 5.74) is 0. The zero-order valence-corrected chi connectivity index (χ0v) is 15.6. The smallest absolute Gasteiger partial charge is 0.416 e. The van der Waals surface area contributed by atoms with Crippen LogP contribution in [0.1, 0.15) is 27.7 Å². The van der Waals surface area contributed by atoms with E-state index in [0.717, 1.165) is 24.2 Å². The van der Waals surface area contributed by atoms with Crippen LogP contribution in [0, 0.1) is 0 Å².